The molecule has 2 rings (SSSR count). The molecule has 1 aliphatic rings. The predicted octanol–water partition coefficient (Wildman–Crippen LogP) is 2.01. The summed E-state index contributed by atoms with van der Waals surface area (Å²) in [4.78, 5) is 0. The maximum atomic E-state index is 3.66. The summed E-state index contributed by atoms with van der Waals surface area (Å²) in [5, 5.41) is 7.04. The first-order chi connectivity index (χ1) is 7.25. The van der Waals surface area contributed by atoms with Crippen molar-refractivity contribution in [2.75, 3.05) is 13.1 Å². The molecule has 2 nitrogen and oxygen atoms in total. The summed E-state index contributed by atoms with van der Waals surface area (Å²) in [6.07, 6.45) is 1.25. The number of nitrogens with one attached hydrogen (secondary N) is 2. The lowest BCUT2D eigenvalue weighted by atomic mass is 10.0. The van der Waals surface area contributed by atoms with Gasteiger partial charge >= 0.3 is 0 Å². The largest absolute Gasteiger partial charge is 0.315 e. The van der Waals surface area contributed by atoms with Gasteiger partial charge in [0.25, 0.3) is 0 Å². The van der Waals surface area contributed by atoms with Crippen LogP contribution in [0.25, 0.3) is 0 Å². The van der Waals surface area contributed by atoms with E-state index in [0.717, 1.165) is 13.1 Å². The topological polar surface area (TPSA) is 24.1 Å². The van der Waals surface area contributed by atoms with Crippen molar-refractivity contribution in [3.05, 3.63) is 35.4 Å². The van der Waals surface area contributed by atoms with E-state index in [9.17, 15) is 0 Å². The molecule has 1 aromatic carbocycles. The maximum absolute atomic E-state index is 3.66. The van der Waals surface area contributed by atoms with Gasteiger partial charge in [-0.05, 0) is 32.4 Å². The average molecular weight is 204 g/mol. The SMILES string of the molecule is Cc1cccc([C@@H](C)NC2CCNC2)c1. The van der Waals surface area contributed by atoms with Gasteiger partial charge in [-0.1, -0.05) is 29.8 Å². The summed E-state index contributed by atoms with van der Waals surface area (Å²) >= 11 is 0. The Morgan fingerprint density at radius 3 is 3.00 bits per heavy atom. The Morgan fingerprint density at radius 1 is 1.47 bits per heavy atom. The summed E-state index contributed by atoms with van der Waals surface area (Å²) in [6, 6.07) is 9.84. The lowest BCUT2D eigenvalue weighted by Gasteiger charge is -2.19. The molecule has 1 unspecified atom stereocenters. The van der Waals surface area contributed by atoms with Crippen LogP contribution in [0.1, 0.15) is 30.5 Å². The van der Waals surface area contributed by atoms with E-state index in [1.165, 1.54) is 17.5 Å². The van der Waals surface area contributed by atoms with Gasteiger partial charge in [0, 0.05) is 18.6 Å². The lowest BCUT2D eigenvalue weighted by molar-refractivity contribution is 0.478. The van der Waals surface area contributed by atoms with Crippen molar-refractivity contribution in [3.63, 3.8) is 0 Å². The van der Waals surface area contributed by atoms with Crippen molar-refractivity contribution in [1.82, 2.24) is 10.6 Å². The van der Waals surface area contributed by atoms with Gasteiger partial charge in [-0.15, -0.1) is 0 Å². The molecule has 82 valence electrons. The van der Waals surface area contributed by atoms with Crippen molar-refractivity contribution >= 4 is 0 Å². The maximum Gasteiger partial charge on any atom is 0.0294 e. The molecule has 0 aliphatic carbocycles. The first-order valence-electron chi connectivity index (χ1n) is 5.79. The summed E-state index contributed by atoms with van der Waals surface area (Å²) < 4.78 is 0. The highest BCUT2D eigenvalue weighted by Gasteiger charge is 2.16. The molecule has 0 radical (unpaired) electrons. The van der Waals surface area contributed by atoms with Crippen LogP contribution in [0, 0.1) is 6.92 Å². The third-order valence-electron chi connectivity index (χ3n) is 3.09. The zero-order valence-corrected chi connectivity index (χ0v) is 9.59. The highest BCUT2D eigenvalue weighted by Crippen LogP contribution is 2.15. The highest BCUT2D eigenvalue weighted by atomic mass is 15.0. The van der Waals surface area contributed by atoms with Crippen LogP contribution < -0.4 is 10.6 Å². The van der Waals surface area contributed by atoms with E-state index in [-0.39, 0.29) is 0 Å². The molecule has 2 N–H and O–H groups in total. The van der Waals surface area contributed by atoms with E-state index in [0.29, 0.717) is 12.1 Å². The van der Waals surface area contributed by atoms with Gasteiger partial charge in [0.05, 0.1) is 0 Å². The van der Waals surface area contributed by atoms with Crippen LogP contribution in [-0.2, 0) is 0 Å². The number of aryl methyl sites for hydroxylation is 1. The molecular formula is C13H20N2. The van der Waals surface area contributed by atoms with Crippen molar-refractivity contribution in [2.45, 2.75) is 32.4 Å². The lowest BCUT2D eigenvalue weighted by Crippen LogP contribution is -2.33. The van der Waals surface area contributed by atoms with E-state index in [1.54, 1.807) is 0 Å². The fourth-order valence-corrected chi connectivity index (χ4v) is 2.19. The average Bonchev–Trinajstić information content (AvgIpc) is 2.70. The van der Waals surface area contributed by atoms with Crippen molar-refractivity contribution in [1.29, 1.82) is 0 Å². The van der Waals surface area contributed by atoms with Crippen LogP contribution in [0.3, 0.4) is 0 Å². The molecule has 2 atom stereocenters. The summed E-state index contributed by atoms with van der Waals surface area (Å²) in [7, 11) is 0. The van der Waals surface area contributed by atoms with Crippen LogP contribution in [0.4, 0.5) is 0 Å². The molecule has 1 aromatic rings. The predicted molar refractivity (Wildman–Crippen MR) is 64.0 cm³/mol. The van der Waals surface area contributed by atoms with Crippen molar-refractivity contribution in [2.24, 2.45) is 0 Å². The number of rotatable bonds is 3. The van der Waals surface area contributed by atoms with E-state index in [4.69, 9.17) is 0 Å². The molecule has 1 heterocycles. The molecular weight excluding hydrogens is 184 g/mol. The normalized spacial score (nSPS) is 22.9. The number of hydrogen-bond donors (Lipinski definition) is 2. The third-order valence-corrected chi connectivity index (χ3v) is 3.09. The highest BCUT2D eigenvalue weighted by molar-refractivity contribution is 5.24. The van der Waals surface area contributed by atoms with Gasteiger partial charge in [-0.3, -0.25) is 0 Å². The van der Waals surface area contributed by atoms with Crippen LogP contribution in [0.5, 0.6) is 0 Å². The van der Waals surface area contributed by atoms with Gasteiger partial charge in [-0.2, -0.15) is 0 Å². The second-order valence-electron chi connectivity index (χ2n) is 4.49. The Kier molecular flexibility index (Phi) is 3.39. The van der Waals surface area contributed by atoms with Gasteiger partial charge in [0.15, 0.2) is 0 Å². The molecule has 1 fully saturated rings. The second kappa shape index (κ2) is 4.77. The summed E-state index contributed by atoms with van der Waals surface area (Å²) in [5.74, 6) is 0. The minimum absolute atomic E-state index is 0.454. The minimum Gasteiger partial charge on any atom is -0.315 e. The standard InChI is InChI=1S/C13H20N2/c1-10-4-3-5-12(8-10)11(2)15-13-6-7-14-9-13/h3-5,8,11,13-15H,6-7,9H2,1-2H3/t11-,13?/m1/s1. The second-order valence-corrected chi connectivity index (χ2v) is 4.49. The third kappa shape index (κ3) is 2.80. The summed E-state index contributed by atoms with van der Waals surface area (Å²) in [5.41, 5.74) is 2.73. The molecule has 0 amide bonds. The van der Waals surface area contributed by atoms with Crippen LogP contribution in [0.2, 0.25) is 0 Å². The molecule has 0 aromatic heterocycles. The first-order valence-corrected chi connectivity index (χ1v) is 5.79. The minimum atomic E-state index is 0.454. The number of hydrogen-bond acceptors (Lipinski definition) is 2. The molecule has 0 saturated carbocycles. The van der Waals surface area contributed by atoms with E-state index >= 15 is 0 Å². The monoisotopic (exact) mass is 204 g/mol. The molecule has 15 heavy (non-hydrogen) atoms. The van der Waals surface area contributed by atoms with Crippen LogP contribution >= 0.6 is 0 Å². The van der Waals surface area contributed by atoms with Gasteiger partial charge in [0.1, 0.15) is 0 Å². The van der Waals surface area contributed by atoms with E-state index in [1.807, 2.05) is 0 Å². The Labute approximate surface area is 92.1 Å². The Balaban J connectivity index is 1.97. The van der Waals surface area contributed by atoms with Crippen LogP contribution in [-0.4, -0.2) is 19.1 Å². The van der Waals surface area contributed by atoms with E-state index in [2.05, 4.69) is 48.7 Å². The molecule has 2 heteroatoms. The smallest absolute Gasteiger partial charge is 0.0294 e. The Morgan fingerprint density at radius 2 is 2.33 bits per heavy atom. The Hall–Kier alpha value is -0.860. The fraction of sp³-hybridized carbons (Fsp3) is 0.538. The fourth-order valence-electron chi connectivity index (χ4n) is 2.19. The molecule has 0 bridgehead atoms. The number of benzene rings is 1. The summed E-state index contributed by atoms with van der Waals surface area (Å²) in [6.45, 7) is 6.65. The quantitative estimate of drug-likeness (QED) is 0.787. The van der Waals surface area contributed by atoms with Gasteiger partial charge in [-0.25, -0.2) is 0 Å². The first kappa shape index (κ1) is 10.7. The molecule has 1 saturated heterocycles. The van der Waals surface area contributed by atoms with Gasteiger partial charge in [0.2, 0.25) is 0 Å². The van der Waals surface area contributed by atoms with Crippen molar-refractivity contribution in [3.8, 4) is 0 Å². The molecule has 0 spiro atoms. The Bertz CT molecular complexity index is 316. The zero-order valence-electron chi connectivity index (χ0n) is 9.59. The zero-order chi connectivity index (χ0) is 10.7. The molecule has 1 aliphatic heterocycles. The van der Waals surface area contributed by atoms with Crippen molar-refractivity contribution < 1.29 is 0 Å². The van der Waals surface area contributed by atoms with Crippen LogP contribution in [0.15, 0.2) is 24.3 Å². The van der Waals surface area contributed by atoms with E-state index < -0.39 is 0 Å². The van der Waals surface area contributed by atoms with Gasteiger partial charge < -0.3 is 10.6 Å².